The number of carbonyl (C=O) groups is 2. The molecular weight excluding hydrogens is 411 g/mol. The third-order valence-electron chi connectivity index (χ3n) is 5.46. The van der Waals surface area contributed by atoms with Crippen LogP contribution in [0, 0.1) is 5.82 Å². The number of hydrazone groups is 1. The zero-order valence-corrected chi connectivity index (χ0v) is 16.7. The Kier molecular flexibility index (Phi) is 5.67. The van der Waals surface area contributed by atoms with Crippen LogP contribution in [-0.4, -0.2) is 53.7 Å². The number of amides is 2. The van der Waals surface area contributed by atoms with Gasteiger partial charge in [0, 0.05) is 48.7 Å². The minimum atomic E-state index is -2.75. The molecule has 0 atom stereocenters. The Morgan fingerprint density at radius 2 is 1.90 bits per heavy atom. The van der Waals surface area contributed by atoms with Gasteiger partial charge in [-0.05, 0) is 18.2 Å². The van der Waals surface area contributed by atoms with Gasteiger partial charge in [0.15, 0.2) is 0 Å². The predicted octanol–water partition coefficient (Wildman–Crippen LogP) is 3.62. The lowest BCUT2D eigenvalue weighted by Crippen LogP contribution is -2.61. The Morgan fingerprint density at radius 3 is 2.61 bits per heavy atom. The molecule has 1 fully saturated rings. The number of hydrogen-bond donors (Lipinski definition) is 0. The van der Waals surface area contributed by atoms with Gasteiger partial charge in [0.2, 0.25) is 5.91 Å². The number of hydrogen-bond acceptors (Lipinski definition) is 4. The molecule has 0 unspecified atom stereocenters. The fourth-order valence-electron chi connectivity index (χ4n) is 3.78. The molecule has 0 aliphatic carbocycles. The van der Waals surface area contributed by atoms with Gasteiger partial charge in [-0.3, -0.25) is 9.59 Å². The molecule has 0 saturated carbocycles. The summed E-state index contributed by atoms with van der Waals surface area (Å²) in [5.74, 6) is -0.805. The number of rotatable bonds is 5. The van der Waals surface area contributed by atoms with Crippen LogP contribution in [0.1, 0.15) is 40.8 Å². The molecule has 2 aliphatic rings. The van der Waals surface area contributed by atoms with Crippen LogP contribution >= 0.6 is 0 Å². The van der Waals surface area contributed by atoms with E-state index in [9.17, 15) is 22.8 Å². The van der Waals surface area contributed by atoms with Crippen molar-refractivity contribution < 1.29 is 27.5 Å². The van der Waals surface area contributed by atoms with Crippen LogP contribution in [0.25, 0.3) is 0 Å². The van der Waals surface area contributed by atoms with Crippen molar-refractivity contribution in [3.05, 3.63) is 65.0 Å². The first-order valence-electron chi connectivity index (χ1n) is 9.79. The monoisotopic (exact) mass is 431 g/mol. The number of carbonyl (C=O) groups excluding carboxylic acids is 2. The summed E-state index contributed by atoms with van der Waals surface area (Å²) in [4.78, 5) is 26.5. The summed E-state index contributed by atoms with van der Waals surface area (Å²) in [6.07, 6.45) is -2.15. The summed E-state index contributed by atoms with van der Waals surface area (Å²) in [6, 6.07) is 9.36. The highest BCUT2D eigenvalue weighted by molar-refractivity contribution is 6.06. The molecule has 6 nitrogen and oxygen atoms in total. The van der Waals surface area contributed by atoms with Gasteiger partial charge in [-0.25, -0.2) is 18.2 Å². The van der Waals surface area contributed by atoms with Crippen molar-refractivity contribution in [3.63, 3.8) is 0 Å². The first-order valence-corrected chi connectivity index (χ1v) is 9.79. The van der Waals surface area contributed by atoms with E-state index in [4.69, 9.17) is 4.74 Å². The molecule has 0 spiro atoms. The second-order valence-electron chi connectivity index (χ2n) is 7.38. The van der Waals surface area contributed by atoms with Gasteiger partial charge in [0.1, 0.15) is 11.6 Å². The van der Waals surface area contributed by atoms with Crippen LogP contribution in [0.2, 0.25) is 0 Å². The lowest BCUT2D eigenvalue weighted by Gasteiger charge is -2.44. The largest absolute Gasteiger partial charge is 0.496 e. The summed E-state index contributed by atoms with van der Waals surface area (Å²) in [5, 5.41) is 5.78. The molecule has 0 N–H and O–H groups in total. The molecule has 2 aromatic carbocycles. The lowest BCUT2D eigenvalue weighted by atomic mass is 10.00. The fourth-order valence-corrected chi connectivity index (χ4v) is 3.78. The van der Waals surface area contributed by atoms with Gasteiger partial charge < -0.3 is 9.64 Å². The third kappa shape index (κ3) is 3.99. The van der Waals surface area contributed by atoms with E-state index in [1.165, 1.54) is 53.4 Å². The highest BCUT2D eigenvalue weighted by Gasteiger charge is 2.40. The maximum Gasteiger partial charge on any atom is 0.264 e. The van der Waals surface area contributed by atoms with Gasteiger partial charge in [-0.15, -0.1) is 0 Å². The van der Waals surface area contributed by atoms with Gasteiger partial charge in [-0.1, -0.05) is 18.2 Å². The predicted molar refractivity (Wildman–Crippen MR) is 107 cm³/mol. The molecule has 1 saturated heterocycles. The number of benzene rings is 2. The van der Waals surface area contributed by atoms with Crippen molar-refractivity contribution in [2.45, 2.75) is 25.3 Å². The van der Waals surface area contributed by atoms with E-state index < -0.39 is 18.1 Å². The van der Waals surface area contributed by atoms with Crippen molar-refractivity contribution in [3.8, 4) is 5.75 Å². The van der Waals surface area contributed by atoms with Crippen molar-refractivity contribution in [2.75, 3.05) is 20.2 Å². The second kappa shape index (κ2) is 8.41. The fraction of sp³-hybridized carbons (Fsp3) is 0.318. The van der Waals surface area contributed by atoms with Crippen LogP contribution in [0.3, 0.4) is 0 Å². The quantitative estimate of drug-likeness (QED) is 0.727. The summed E-state index contributed by atoms with van der Waals surface area (Å²) in [6.45, 7) is 0.388. The molecule has 0 aromatic heterocycles. The maximum atomic E-state index is 13.5. The Bertz CT molecular complexity index is 1050. The van der Waals surface area contributed by atoms with E-state index in [1.54, 1.807) is 6.07 Å². The van der Waals surface area contributed by atoms with Crippen molar-refractivity contribution in [1.82, 2.24) is 9.91 Å². The van der Waals surface area contributed by atoms with E-state index in [0.717, 1.165) is 0 Å². The Labute approximate surface area is 176 Å². The smallest absolute Gasteiger partial charge is 0.264 e. The van der Waals surface area contributed by atoms with E-state index in [0.29, 0.717) is 23.4 Å². The average Bonchev–Trinajstić information content (AvgIpc) is 2.73. The van der Waals surface area contributed by atoms with E-state index >= 15 is 0 Å². The molecule has 0 bridgehead atoms. The number of nitrogens with zero attached hydrogens (tertiary/aromatic N) is 3. The minimum absolute atomic E-state index is 0.0406. The second-order valence-corrected chi connectivity index (χ2v) is 7.38. The Balaban J connectivity index is 1.51. The van der Waals surface area contributed by atoms with Crippen LogP contribution < -0.4 is 4.74 Å². The van der Waals surface area contributed by atoms with Crippen molar-refractivity contribution >= 4 is 17.5 Å². The Hall–Kier alpha value is -3.36. The molecule has 9 heteroatoms. The summed E-state index contributed by atoms with van der Waals surface area (Å²) < 4.78 is 45.1. The molecule has 2 aromatic rings. The van der Waals surface area contributed by atoms with E-state index in [2.05, 4.69) is 5.10 Å². The first-order chi connectivity index (χ1) is 14.9. The normalized spacial score (nSPS) is 16.9. The number of ether oxygens (including phenoxy) is 1. The maximum absolute atomic E-state index is 13.5. The highest BCUT2D eigenvalue weighted by atomic mass is 19.3. The SMILES string of the molecule is COc1cc(F)ccc1C1=NN(C2CN(C(=O)c3ccccc3C(F)F)C2)C(=O)CC1. The molecule has 2 amide bonds. The number of alkyl halides is 2. The average molecular weight is 431 g/mol. The van der Waals surface area contributed by atoms with Crippen LogP contribution in [0.5, 0.6) is 5.75 Å². The van der Waals surface area contributed by atoms with Crippen molar-refractivity contribution in [2.24, 2.45) is 5.10 Å². The van der Waals surface area contributed by atoms with Gasteiger partial charge in [-0.2, -0.15) is 5.10 Å². The Morgan fingerprint density at radius 1 is 1.16 bits per heavy atom. The van der Waals surface area contributed by atoms with Crippen LogP contribution in [0.4, 0.5) is 13.2 Å². The van der Waals surface area contributed by atoms with Crippen LogP contribution in [-0.2, 0) is 4.79 Å². The van der Waals surface area contributed by atoms with E-state index in [-0.39, 0.29) is 42.6 Å². The summed E-state index contributed by atoms with van der Waals surface area (Å²) in [5.41, 5.74) is 0.832. The molecule has 162 valence electrons. The molecule has 2 aliphatic heterocycles. The zero-order valence-electron chi connectivity index (χ0n) is 16.7. The standard InChI is InChI=1S/C22H20F3N3O3/c1-31-19-10-13(23)6-7-17(19)18-8-9-20(29)28(26-18)14-11-27(12-14)22(30)16-5-3-2-4-15(16)21(24)25/h2-7,10,14,21H,8-9,11-12H2,1H3. The molecule has 4 rings (SSSR count). The molecule has 0 radical (unpaired) electrons. The molecule has 2 heterocycles. The van der Waals surface area contributed by atoms with E-state index in [1.807, 2.05) is 0 Å². The third-order valence-corrected chi connectivity index (χ3v) is 5.46. The summed E-state index contributed by atoms with van der Waals surface area (Å²) in [7, 11) is 1.43. The number of methoxy groups -OCH3 is 1. The number of halogens is 3. The minimum Gasteiger partial charge on any atom is -0.496 e. The molecular formula is C22H20F3N3O3. The zero-order chi connectivity index (χ0) is 22.1. The number of likely N-dealkylation sites (tertiary alicyclic amines) is 1. The van der Waals surface area contributed by atoms with Gasteiger partial charge in [0.25, 0.3) is 12.3 Å². The first kappa shape index (κ1) is 20.9. The summed E-state index contributed by atoms with van der Waals surface area (Å²) >= 11 is 0. The van der Waals surface area contributed by atoms with Crippen LogP contribution in [0.15, 0.2) is 47.6 Å². The van der Waals surface area contributed by atoms with Crippen molar-refractivity contribution in [1.29, 1.82) is 0 Å². The topological polar surface area (TPSA) is 62.2 Å². The lowest BCUT2D eigenvalue weighted by molar-refractivity contribution is -0.137. The highest BCUT2D eigenvalue weighted by Crippen LogP contribution is 2.29. The molecule has 31 heavy (non-hydrogen) atoms. The van der Waals surface area contributed by atoms with Gasteiger partial charge >= 0.3 is 0 Å². The van der Waals surface area contributed by atoms with Gasteiger partial charge in [0.05, 0.1) is 18.9 Å².